The molecule has 0 saturated carbocycles. The number of benzene rings is 2. The Labute approximate surface area is 172 Å². The molecular weight excluding hydrogens is 426 g/mol. The molecule has 0 unspecified atom stereocenters. The maximum absolute atomic E-state index is 11.9. The van der Waals surface area contributed by atoms with Gasteiger partial charge in [0, 0.05) is 36.8 Å². The Balaban J connectivity index is 1.61. The fourth-order valence-electron chi connectivity index (χ4n) is 2.23. The van der Waals surface area contributed by atoms with Gasteiger partial charge in [-0.3, -0.25) is 4.79 Å². The largest absolute Gasteiger partial charge is 0.491 e. The third-order valence-electron chi connectivity index (χ3n) is 3.71. The highest BCUT2D eigenvalue weighted by Gasteiger charge is 2.05. The van der Waals surface area contributed by atoms with Crippen LogP contribution in [0.5, 0.6) is 5.75 Å². The van der Waals surface area contributed by atoms with Gasteiger partial charge in [-0.2, -0.15) is 0 Å². The molecule has 0 spiro atoms. The zero-order valence-electron chi connectivity index (χ0n) is 15.7. The zero-order valence-corrected chi connectivity index (χ0v) is 17.3. The van der Waals surface area contributed by atoms with Crippen molar-refractivity contribution in [3.8, 4) is 5.75 Å². The summed E-state index contributed by atoms with van der Waals surface area (Å²) >= 11 is 3.33. The maximum Gasteiger partial charge on any atom is 0.319 e. The highest BCUT2D eigenvalue weighted by Crippen LogP contribution is 2.14. The molecule has 0 atom stereocenters. The van der Waals surface area contributed by atoms with Crippen molar-refractivity contribution in [1.29, 1.82) is 0 Å². The Bertz CT molecular complexity index is 751. The first kappa shape index (κ1) is 21.7. The highest BCUT2D eigenvalue weighted by atomic mass is 79.9. The van der Waals surface area contributed by atoms with Crippen molar-refractivity contribution in [2.45, 2.75) is 13.0 Å². The second-order valence-corrected chi connectivity index (χ2v) is 6.82. The van der Waals surface area contributed by atoms with Crippen LogP contribution in [-0.4, -0.2) is 38.8 Å². The minimum absolute atomic E-state index is 0.135. The molecule has 0 radical (unpaired) electrons. The SMILES string of the molecule is COCCOc1ccc(CNC(=O)CCNC(=O)Nc2ccc(Br)cc2)cc1. The Hall–Kier alpha value is -2.58. The van der Waals surface area contributed by atoms with E-state index in [0.717, 1.165) is 15.8 Å². The molecular formula is C20H24BrN3O4. The first-order chi connectivity index (χ1) is 13.6. The smallest absolute Gasteiger partial charge is 0.319 e. The Morgan fingerprint density at radius 3 is 2.36 bits per heavy atom. The topological polar surface area (TPSA) is 88.7 Å². The Morgan fingerprint density at radius 1 is 0.964 bits per heavy atom. The first-order valence-corrected chi connectivity index (χ1v) is 9.64. The summed E-state index contributed by atoms with van der Waals surface area (Å²) in [6, 6.07) is 14.4. The van der Waals surface area contributed by atoms with Crippen molar-refractivity contribution in [2.75, 3.05) is 32.2 Å². The van der Waals surface area contributed by atoms with Crippen molar-refractivity contribution in [3.63, 3.8) is 0 Å². The molecule has 3 amide bonds. The summed E-state index contributed by atoms with van der Waals surface area (Å²) in [5.74, 6) is 0.623. The normalized spacial score (nSPS) is 10.2. The van der Waals surface area contributed by atoms with E-state index in [9.17, 15) is 9.59 Å². The van der Waals surface area contributed by atoms with Gasteiger partial charge in [-0.25, -0.2) is 4.79 Å². The van der Waals surface area contributed by atoms with E-state index >= 15 is 0 Å². The van der Waals surface area contributed by atoms with Gasteiger partial charge >= 0.3 is 6.03 Å². The Morgan fingerprint density at radius 2 is 1.68 bits per heavy atom. The van der Waals surface area contributed by atoms with Crippen LogP contribution < -0.4 is 20.7 Å². The predicted molar refractivity (Wildman–Crippen MR) is 111 cm³/mol. The van der Waals surface area contributed by atoms with Crippen molar-refractivity contribution < 1.29 is 19.1 Å². The number of ether oxygens (including phenoxy) is 2. The molecule has 0 saturated heterocycles. The third kappa shape index (κ3) is 8.41. The summed E-state index contributed by atoms with van der Waals surface area (Å²) in [6.45, 7) is 1.70. The van der Waals surface area contributed by atoms with Gasteiger partial charge in [0.05, 0.1) is 6.61 Å². The van der Waals surface area contributed by atoms with Crippen molar-refractivity contribution in [1.82, 2.24) is 10.6 Å². The lowest BCUT2D eigenvalue weighted by atomic mass is 10.2. The fraction of sp³-hybridized carbons (Fsp3) is 0.300. The van der Waals surface area contributed by atoms with Crippen LogP contribution in [0.1, 0.15) is 12.0 Å². The fourth-order valence-corrected chi connectivity index (χ4v) is 2.50. The van der Waals surface area contributed by atoms with Crippen LogP contribution in [0.15, 0.2) is 53.0 Å². The lowest BCUT2D eigenvalue weighted by Crippen LogP contribution is -2.33. The number of amides is 3. The van der Waals surface area contributed by atoms with E-state index < -0.39 is 0 Å². The molecule has 7 nitrogen and oxygen atoms in total. The number of anilines is 1. The molecule has 150 valence electrons. The van der Waals surface area contributed by atoms with Crippen LogP contribution in [-0.2, 0) is 16.1 Å². The van der Waals surface area contributed by atoms with E-state index in [4.69, 9.17) is 9.47 Å². The molecule has 2 aromatic carbocycles. The van der Waals surface area contributed by atoms with E-state index in [-0.39, 0.29) is 24.9 Å². The molecule has 0 aromatic heterocycles. The van der Waals surface area contributed by atoms with Crippen molar-refractivity contribution in [3.05, 3.63) is 58.6 Å². The van der Waals surface area contributed by atoms with E-state index in [2.05, 4.69) is 31.9 Å². The predicted octanol–water partition coefficient (Wildman–Crippen LogP) is 3.30. The standard InChI is InChI=1S/C20H24BrN3O4/c1-27-12-13-28-18-8-2-15(3-9-18)14-23-19(25)10-11-22-20(26)24-17-6-4-16(21)5-7-17/h2-9H,10-14H2,1H3,(H,23,25)(H2,22,24,26). The first-order valence-electron chi connectivity index (χ1n) is 8.84. The quantitative estimate of drug-likeness (QED) is 0.485. The molecule has 0 aliphatic rings. The minimum Gasteiger partial charge on any atom is -0.491 e. The number of hydrogen-bond acceptors (Lipinski definition) is 4. The van der Waals surface area contributed by atoms with Gasteiger partial charge in [0.25, 0.3) is 0 Å². The number of rotatable bonds is 10. The second kappa shape index (κ2) is 12.0. The van der Waals surface area contributed by atoms with Crippen LogP contribution in [0.3, 0.4) is 0 Å². The van der Waals surface area contributed by atoms with Gasteiger partial charge in [-0.1, -0.05) is 28.1 Å². The molecule has 2 aromatic rings. The lowest BCUT2D eigenvalue weighted by molar-refractivity contribution is -0.121. The highest BCUT2D eigenvalue weighted by molar-refractivity contribution is 9.10. The number of carbonyl (C=O) groups is 2. The van der Waals surface area contributed by atoms with Gasteiger partial charge in [-0.05, 0) is 42.0 Å². The maximum atomic E-state index is 11.9. The number of hydrogen-bond donors (Lipinski definition) is 3. The van der Waals surface area contributed by atoms with E-state index in [1.54, 1.807) is 19.2 Å². The number of methoxy groups -OCH3 is 1. The molecule has 28 heavy (non-hydrogen) atoms. The van der Waals surface area contributed by atoms with Gasteiger partial charge < -0.3 is 25.4 Å². The van der Waals surface area contributed by atoms with Crippen molar-refractivity contribution in [2.24, 2.45) is 0 Å². The summed E-state index contributed by atoms with van der Waals surface area (Å²) in [4.78, 5) is 23.7. The molecule has 0 fully saturated rings. The van der Waals surface area contributed by atoms with Crippen molar-refractivity contribution >= 4 is 33.6 Å². The van der Waals surface area contributed by atoms with Crippen LogP contribution in [0.2, 0.25) is 0 Å². The van der Waals surface area contributed by atoms with Crippen LogP contribution in [0.4, 0.5) is 10.5 Å². The molecule has 3 N–H and O–H groups in total. The summed E-state index contributed by atoms with van der Waals surface area (Å²) < 4.78 is 11.4. The van der Waals surface area contributed by atoms with Crippen LogP contribution in [0.25, 0.3) is 0 Å². The van der Waals surface area contributed by atoms with Gasteiger partial charge in [0.1, 0.15) is 12.4 Å². The second-order valence-electron chi connectivity index (χ2n) is 5.90. The summed E-state index contributed by atoms with van der Waals surface area (Å²) in [5.41, 5.74) is 1.65. The van der Waals surface area contributed by atoms with Gasteiger partial charge in [0.2, 0.25) is 5.91 Å². The molecule has 0 heterocycles. The number of urea groups is 1. The lowest BCUT2D eigenvalue weighted by Gasteiger charge is -2.09. The van der Waals surface area contributed by atoms with E-state index in [1.165, 1.54) is 0 Å². The molecule has 2 rings (SSSR count). The number of nitrogens with one attached hydrogen (secondary N) is 3. The van der Waals surface area contributed by atoms with Gasteiger partial charge in [0.15, 0.2) is 0 Å². The van der Waals surface area contributed by atoms with Crippen LogP contribution >= 0.6 is 15.9 Å². The summed E-state index contributed by atoms with van der Waals surface area (Å²) in [6.07, 6.45) is 0.200. The zero-order chi connectivity index (χ0) is 20.2. The van der Waals surface area contributed by atoms with E-state index in [0.29, 0.717) is 25.4 Å². The molecule has 8 heteroatoms. The molecule has 0 aliphatic heterocycles. The van der Waals surface area contributed by atoms with E-state index in [1.807, 2.05) is 36.4 Å². The van der Waals surface area contributed by atoms with Crippen LogP contribution in [0, 0.1) is 0 Å². The molecule has 0 aliphatic carbocycles. The monoisotopic (exact) mass is 449 g/mol. The Kier molecular flexibility index (Phi) is 9.30. The summed E-state index contributed by atoms with van der Waals surface area (Å²) in [7, 11) is 1.62. The number of carbonyl (C=O) groups excluding carboxylic acids is 2. The molecule has 0 bridgehead atoms. The average Bonchev–Trinajstić information content (AvgIpc) is 2.69. The average molecular weight is 450 g/mol. The number of halogens is 1. The van der Waals surface area contributed by atoms with Gasteiger partial charge in [-0.15, -0.1) is 0 Å². The minimum atomic E-state index is -0.348. The summed E-state index contributed by atoms with van der Waals surface area (Å²) in [5, 5.41) is 8.18. The third-order valence-corrected chi connectivity index (χ3v) is 4.24.